The van der Waals surface area contributed by atoms with Gasteiger partial charge in [-0.15, -0.1) is 0 Å². The number of halogens is 1. The first-order valence-electron chi connectivity index (χ1n) is 9.41. The Labute approximate surface area is 150 Å². The standard InChI is InChI=1S/C14H20BFO2.3C2H6/c1-6-10-9-11(7-8-12(10)16)15-17-13(2,3)14(4,5)18-15;3*1-2/h7-9H,6H2,1-5H3;3*1-2H3. The largest absolute Gasteiger partial charge is 0.494 e. The van der Waals surface area contributed by atoms with Crippen LogP contribution in [0.4, 0.5) is 4.39 Å². The van der Waals surface area contributed by atoms with E-state index in [1.165, 1.54) is 6.07 Å². The van der Waals surface area contributed by atoms with Gasteiger partial charge < -0.3 is 9.31 Å². The molecular formula is C20H38BFO2. The molecule has 1 aromatic rings. The molecule has 2 nitrogen and oxygen atoms in total. The Kier molecular flexibility index (Phi) is 12.3. The summed E-state index contributed by atoms with van der Waals surface area (Å²) in [4.78, 5) is 0. The molecule has 0 atom stereocenters. The van der Waals surface area contributed by atoms with Crippen molar-refractivity contribution in [3.05, 3.63) is 29.6 Å². The SMILES string of the molecule is CC.CC.CC.CCc1cc(B2OC(C)(C)C(C)(C)O2)ccc1F. The molecule has 0 N–H and O–H groups in total. The van der Waals surface area contributed by atoms with Crippen molar-refractivity contribution in [1.82, 2.24) is 0 Å². The van der Waals surface area contributed by atoms with E-state index in [-0.39, 0.29) is 17.0 Å². The molecule has 4 heteroatoms. The van der Waals surface area contributed by atoms with Gasteiger partial charge in [0.1, 0.15) is 5.82 Å². The number of aryl methyl sites for hydroxylation is 1. The average molecular weight is 340 g/mol. The van der Waals surface area contributed by atoms with E-state index >= 15 is 0 Å². The van der Waals surface area contributed by atoms with Crippen molar-refractivity contribution >= 4 is 12.6 Å². The summed E-state index contributed by atoms with van der Waals surface area (Å²) in [5.41, 5.74) is 0.853. The predicted molar refractivity (Wildman–Crippen MR) is 106 cm³/mol. The maximum absolute atomic E-state index is 13.5. The molecule has 1 aliphatic rings. The zero-order chi connectivity index (χ0) is 19.6. The minimum absolute atomic E-state index is 0.169. The van der Waals surface area contributed by atoms with E-state index in [9.17, 15) is 4.39 Å². The first kappa shape index (κ1) is 25.4. The highest BCUT2D eigenvalue weighted by Crippen LogP contribution is 2.36. The van der Waals surface area contributed by atoms with E-state index in [0.29, 0.717) is 12.0 Å². The molecule has 0 aliphatic carbocycles. The summed E-state index contributed by atoms with van der Waals surface area (Å²) < 4.78 is 25.4. The van der Waals surface area contributed by atoms with Crippen molar-refractivity contribution in [3.63, 3.8) is 0 Å². The van der Waals surface area contributed by atoms with Crippen molar-refractivity contribution in [2.75, 3.05) is 0 Å². The van der Waals surface area contributed by atoms with Crippen LogP contribution in [0.1, 0.15) is 81.7 Å². The zero-order valence-electron chi connectivity index (χ0n) is 17.7. The Morgan fingerprint density at radius 1 is 0.875 bits per heavy atom. The lowest BCUT2D eigenvalue weighted by atomic mass is 9.78. The first-order valence-corrected chi connectivity index (χ1v) is 9.41. The number of rotatable bonds is 2. The zero-order valence-corrected chi connectivity index (χ0v) is 17.7. The molecule has 2 rings (SSSR count). The van der Waals surface area contributed by atoms with Gasteiger partial charge in [0, 0.05) is 0 Å². The lowest BCUT2D eigenvalue weighted by Crippen LogP contribution is -2.41. The molecule has 1 fully saturated rings. The summed E-state index contributed by atoms with van der Waals surface area (Å²) in [6, 6.07) is 5.05. The highest BCUT2D eigenvalue weighted by atomic mass is 19.1. The summed E-state index contributed by atoms with van der Waals surface area (Å²) in [7, 11) is -0.416. The van der Waals surface area contributed by atoms with Gasteiger partial charge in [-0.2, -0.15) is 0 Å². The summed E-state index contributed by atoms with van der Waals surface area (Å²) in [6.07, 6.45) is 0.666. The fourth-order valence-electron chi connectivity index (χ4n) is 1.99. The molecule has 0 unspecified atom stereocenters. The van der Waals surface area contributed by atoms with E-state index in [2.05, 4.69) is 0 Å². The van der Waals surface area contributed by atoms with Crippen LogP contribution in [0.15, 0.2) is 18.2 Å². The highest BCUT2D eigenvalue weighted by Gasteiger charge is 2.51. The normalized spacial score (nSPS) is 16.8. The van der Waals surface area contributed by atoms with Gasteiger partial charge >= 0.3 is 7.12 Å². The van der Waals surface area contributed by atoms with Crippen LogP contribution >= 0.6 is 0 Å². The molecule has 1 aliphatic heterocycles. The van der Waals surface area contributed by atoms with Crippen LogP contribution in [0.25, 0.3) is 0 Å². The van der Waals surface area contributed by atoms with Crippen molar-refractivity contribution in [3.8, 4) is 0 Å². The smallest absolute Gasteiger partial charge is 0.399 e. The lowest BCUT2D eigenvalue weighted by Gasteiger charge is -2.32. The minimum atomic E-state index is -0.416. The highest BCUT2D eigenvalue weighted by molar-refractivity contribution is 6.62. The fraction of sp³-hybridized carbons (Fsp3) is 0.700. The van der Waals surface area contributed by atoms with Crippen LogP contribution in [0.2, 0.25) is 0 Å². The Bertz CT molecular complexity index is 443. The molecule has 0 radical (unpaired) electrons. The van der Waals surface area contributed by atoms with Crippen LogP contribution in [0.5, 0.6) is 0 Å². The second kappa shape index (κ2) is 11.6. The summed E-state index contributed by atoms with van der Waals surface area (Å²) in [5, 5.41) is 0. The maximum atomic E-state index is 13.5. The third-order valence-electron chi connectivity index (χ3n) is 3.98. The molecule has 0 spiro atoms. The van der Waals surface area contributed by atoms with E-state index in [1.54, 1.807) is 6.07 Å². The van der Waals surface area contributed by atoms with Crippen LogP contribution in [-0.4, -0.2) is 18.3 Å². The molecule has 24 heavy (non-hydrogen) atoms. The van der Waals surface area contributed by atoms with E-state index < -0.39 is 7.12 Å². The van der Waals surface area contributed by atoms with Gasteiger partial charge in [-0.1, -0.05) is 60.6 Å². The van der Waals surface area contributed by atoms with Crippen LogP contribution in [-0.2, 0) is 15.7 Å². The van der Waals surface area contributed by atoms with Gasteiger partial charge in [0.2, 0.25) is 0 Å². The second-order valence-corrected chi connectivity index (χ2v) is 5.79. The topological polar surface area (TPSA) is 18.5 Å². The molecule has 1 heterocycles. The third-order valence-corrected chi connectivity index (χ3v) is 3.98. The molecule has 1 aromatic carbocycles. The van der Waals surface area contributed by atoms with Crippen molar-refractivity contribution in [1.29, 1.82) is 0 Å². The molecule has 140 valence electrons. The Balaban J connectivity index is 0. The van der Waals surface area contributed by atoms with Crippen LogP contribution in [0.3, 0.4) is 0 Å². The second-order valence-electron chi connectivity index (χ2n) is 5.79. The van der Waals surface area contributed by atoms with Crippen LogP contribution in [0, 0.1) is 5.82 Å². The van der Waals surface area contributed by atoms with Gasteiger partial charge in [0.25, 0.3) is 0 Å². The van der Waals surface area contributed by atoms with Crippen molar-refractivity contribution < 1.29 is 13.7 Å². The lowest BCUT2D eigenvalue weighted by molar-refractivity contribution is 0.00578. The van der Waals surface area contributed by atoms with Crippen LogP contribution < -0.4 is 5.46 Å². The minimum Gasteiger partial charge on any atom is -0.399 e. The van der Waals surface area contributed by atoms with Crippen molar-refractivity contribution in [2.45, 2.75) is 93.8 Å². The summed E-state index contributed by atoms with van der Waals surface area (Å²) in [6.45, 7) is 22.0. The molecule has 0 saturated carbocycles. The van der Waals surface area contributed by atoms with Gasteiger partial charge in [-0.3, -0.25) is 0 Å². The molecule has 0 bridgehead atoms. The van der Waals surface area contributed by atoms with E-state index in [4.69, 9.17) is 9.31 Å². The van der Waals surface area contributed by atoms with Gasteiger partial charge in [0.15, 0.2) is 0 Å². The maximum Gasteiger partial charge on any atom is 0.494 e. The molecule has 0 aromatic heterocycles. The third kappa shape index (κ3) is 6.21. The average Bonchev–Trinajstić information content (AvgIpc) is 2.81. The fourth-order valence-corrected chi connectivity index (χ4v) is 1.99. The number of hydrogen-bond acceptors (Lipinski definition) is 2. The molecule has 1 saturated heterocycles. The molecule has 0 amide bonds. The van der Waals surface area contributed by atoms with Crippen molar-refractivity contribution in [2.24, 2.45) is 0 Å². The predicted octanol–water partition coefficient (Wildman–Crippen LogP) is 5.77. The monoisotopic (exact) mass is 340 g/mol. The Hall–Kier alpha value is -0.865. The number of benzene rings is 1. The van der Waals surface area contributed by atoms with E-state index in [1.807, 2.05) is 82.2 Å². The first-order chi connectivity index (χ1) is 11.3. The van der Waals surface area contributed by atoms with Gasteiger partial charge in [-0.25, -0.2) is 4.39 Å². The number of hydrogen-bond donors (Lipinski definition) is 0. The van der Waals surface area contributed by atoms with E-state index in [0.717, 1.165) is 5.46 Å². The molecular weight excluding hydrogens is 302 g/mol. The van der Waals surface area contributed by atoms with Gasteiger partial charge in [0.05, 0.1) is 11.2 Å². The summed E-state index contributed by atoms with van der Waals surface area (Å²) >= 11 is 0. The summed E-state index contributed by atoms with van der Waals surface area (Å²) in [5.74, 6) is -0.169. The van der Waals surface area contributed by atoms with Gasteiger partial charge in [-0.05, 0) is 51.2 Å². The Morgan fingerprint density at radius 2 is 1.29 bits per heavy atom. The quantitative estimate of drug-likeness (QED) is 0.637. The Morgan fingerprint density at radius 3 is 1.67 bits per heavy atom.